The first-order valence-electron chi connectivity index (χ1n) is 7.75. The highest BCUT2D eigenvalue weighted by Crippen LogP contribution is 2.76. The molecule has 120 valence electrons. The Morgan fingerprint density at radius 1 is 0.909 bits per heavy atom. The Morgan fingerprint density at radius 3 is 2.00 bits per heavy atom. The SMILES string of the molecule is COc1ccccc1P1C2(C)CC3(C)OC(C)(CC1(C)O3)O2. The minimum atomic E-state index is -0.705. The summed E-state index contributed by atoms with van der Waals surface area (Å²) in [4.78, 5) is 0. The van der Waals surface area contributed by atoms with E-state index in [1.165, 1.54) is 5.30 Å². The number of methoxy groups -OCH3 is 1. The van der Waals surface area contributed by atoms with Gasteiger partial charge in [-0.15, -0.1) is 0 Å². The first-order valence-corrected chi connectivity index (χ1v) is 9.09. The van der Waals surface area contributed by atoms with E-state index in [1.54, 1.807) is 7.11 Å². The van der Waals surface area contributed by atoms with Crippen molar-refractivity contribution in [3.05, 3.63) is 24.3 Å². The Labute approximate surface area is 132 Å². The van der Waals surface area contributed by atoms with Gasteiger partial charge in [-0.25, -0.2) is 0 Å². The maximum Gasteiger partial charge on any atom is 0.173 e. The van der Waals surface area contributed by atoms with Crippen molar-refractivity contribution in [2.75, 3.05) is 7.11 Å². The molecule has 0 spiro atoms. The van der Waals surface area contributed by atoms with Crippen molar-refractivity contribution >= 4 is 13.2 Å². The van der Waals surface area contributed by atoms with E-state index in [1.807, 2.05) is 26.0 Å². The van der Waals surface area contributed by atoms with Crippen molar-refractivity contribution in [2.24, 2.45) is 0 Å². The molecule has 0 amide bonds. The fourth-order valence-corrected chi connectivity index (χ4v) is 9.01. The number of hydrogen-bond acceptors (Lipinski definition) is 4. The lowest BCUT2D eigenvalue weighted by Crippen LogP contribution is -2.72. The van der Waals surface area contributed by atoms with Gasteiger partial charge in [0.05, 0.1) is 17.8 Å². The van der Waals surface area contributed by atoms with Crippen LogP contribution in [0.4, 0.5) is 0 Å². The van der Waals surface area contributed by atoms with Crippen LogP contribution in [0.1, 0.15) is 40.5 Å². The topological polar surface area (TPSA) is 36.9 Å². The minimum Gasteiger partial charge on any atom is -0.496 e. The van der Waals surface area contributed by atoms with Crippen LogP contribution in [0.25, 0.3) is 0 Å². The fraction of sp³-hybridized carbons (Fsp3) is 0.647. The van der Waals surface area contributed by atoms with Gasteiger partial charge >= 0.3 is 0 Å². The Kier molecular flexibility index (Phi) is 2.87. The maximum atomic E-state index is 6.47. The van der Waals surface area contributed by atoms with Gasteiger partial charge in [0.25, 0.3) is 0 Å². The van der Waals surface area contributed by atoms with Gasteiger partial charge in [-0.3, -0.25) is 0 Å². The molecule has 4 atom stereocenters. The van der Waals surface area contributed by atoms with Crippen LogP contribution in [-0.4, -0.2) is 29.4 Å². The molecular weight excluding hydrogens is 299 g/mol. The third-order valence-electron chi connectivity index (χ3n) is 4.87. The molecule has 4 nitrogen and oxygen atoms in total. The molecule has 0 aliphatic carbocycles. The summed E-state index contributed by atoms with van der Waals surface area (Å²) in [5.41, 5.74) is 0. The number of benzene rings is 1. The van der Waals surface area contributed by atoms with Crippen LogP contribution in [0.15, 0.2) is 24.3 Å². The largest absolute Gasteiger partial charge is 0.496 e. The van der Waals surface area contributed by atoms with Gasteiger partial charge in [0.1, 0.15) is 5.75 Å². The van der Waals surface area contributed by atoms with Crippen molar-refractivity contribution in [1.82, 2.24) is 0 Å². The highest BCUT2D eigenvalue weighted by molar-refractivity contribution is 7.68. The molecule has 4 heterocycles. The number of hydrogen-bond donors (Lipinski definition) is 0. The molecule has 4 saturated heterocycles. The molecule has 1 aromatic carbocycles. The highest BCUT2D eigenvalue weighted by Gasteiger charge is 2.71. The second-order valence-corrected chi connectivity index (χ2v) is 10.3. The third kappa shape index (κ3) is 1.91. The minimum absolute atomic E-state index is 0.267. The zero-order valence-electron chi connectivity index (χ0n) is 13.8. The fourth-order valence-electron chi connectivity index (χ4n) is 4.91. The van der Waals surface area contributed by atoms with E-state index in [-0.39, 0.29) is 10.7 Å². The summed E-state index contributed by atoms with van der Waals surface area (Å²) in [6.07, 6.45) is 1.49. The molecule has 0 N–H and O–H groups in total. The highest BCUT2D eigenvalue weighted by atomic mass is 31.1. The van der Waals surface area contributed by atoms with E-state index in [9.17, 15) is 0 Å². The quantitative estimate of drug-likeness (QED) is 0.781. The molecule has 0 saturated carbocycles. The smallest absolute Gasteiger partial charge is 0.173 e. The van der Waals surface area contributed by atoms with E-state index in [0.717, 1.165) is 18.6 Å². The van der Waals surface area contributed by atoms with Crippen LogP contribution in [0, 0.1) is 0 Å². The first-order chi connectivity index (χ1) is 10.2. The van der Waals surface area contributed by atoms with E-state index >= 15 is 0 Å². The molecule has 4 fully saturated rings. The molecule has 22 heavy (non-hydrogen) atoms. The summed E-state index contributed by atoms with van der Waals surface area (Å²) >= 11 is 0. The monoisotopic (exact) mass is 322 g/mol. The van der Waals surface area contributed by atoms with Gasteiger partial charge in [-0.05, 0) is 41.7 Å². The lowest BCUT2D eigenvalue weighted by atomic mass is 9.98. The van der Waals surface area contributed by atoms with Crippen molar-refractivity contribution in [1.29, 1.82) is 0 Å². The maximum absolute atomic E-state index is 6.47. The predicted octanol–water partition coefficient (Wildman–Crippen LogP) is 3.54. The second kappa shape index (κ2) is 4.24. The van der Waals surface area contributed by atoms with Crippen molar-refractivity contribution in [2.45, 2.75) is 62.8 Å². The number of rotatable bonds is 2. The second-order valence-electron chi connectivity index (χ2n) is 7.28. The number of ether oxygens (including phenoxy) is 4. The summed E-state index contributed by atoms with van der Waals surface area (Å²) in [6, 6.07) is 8.25. The van der Waals surface area contributed by atoms with Gasteiger partial charge in [-0.2, -0.15) is 0 Å². The number of para-hydroxylation sites is 1. The Balaban J connectivity index is 1.88. The summed E-state index contributed by atoms with van der Waals surface area (Å²) < 4.78 is 24.7. The first kappa shape index (κ1) is 14.9. The van der Waals surface area contributed by atoms with Gasteiger partial charge in [0.2, 0.25) is 0 Å². The Bertz CT molecular complexity index is 587. The molecule has 5 rings (SSSR count). The molecule has 4 bridgehead atoms. The van der Waals surface area contributed by atoms with Gasteiger partial charge in [0, 0.05) is 18.1 Å². The van der Waals surface area contributed by atoms with Crippen LogP contribution in [0.2, 0.25) is 0 Å². The van der Waals surface area contributed by atoms with Crippen LogP contribution >= 0.6 is 7.92 Å². The summed E-state index contributed by atoms with van der Waals surface area (Å²) in [5.74, 6) is -0.197. The third-order valence-corrected chi connectivity index (χ3v) is 8.12. The average molecular weight is 322 g/mol. The normalized spacial score (nSPS) is 49.4. The van der Waals surface area contributed by atoms with Gasteiger partial charge < -0.3 is 18.9 Å². The average Bonchev–Trinajstić information content (AvgIpc) is 2.33. The van der Waals surface area contributed by atoms with Crippen LogP contribution in [0.5, 0.6) is 5.75 Å². The zero-order chi connectivity index (χ0) is 15.8. The van der Waals surface area contributed by atoms with E-state index < -0.39 is 19.5 Å². The Morgan fingerprint density at radius 2 is 1.45 bits per heavy atom. The predicted molar refractivity (Wildman–Crippen MR) is 85.7 cm³/mol. The van der Waals surface area contributed by atoms with E-state index in [4.69, 9.17) is 18.9 Å². The van der Waals surface area contributed by atoms with Crippen molar-refractivity contribution in [3.63, 3.8) is 0 Å². The van der Waals surface area contributed by atoms with E-state index in [0.29, 0.717) is 0 Å². The molecule has 1 aromatic rings. The summed E-state index contributed by atoms with van der Waals surface area (Å²) in [7, 11) is 1.02. The molecule has 0 aromatic heterocycles. The molecule has 4 aliphatic heterocycles. The van der Waals surface area contributed by atoms with Crippen LogP contribution in [-0.2, 0) is 14.2 Å². The van der Waals surface area contributed by atoms with Crippen molar-refractivity contribution in [3.8, 4) is 5.75 Å². The van der Waals surface area contributed by atoms with Crippen LogP contribution in [0.3, 0.4) is 0 Å². The lowest BCUT2D eigenvalue weighted by molar-refractivity contribution is -0.467. The molecule has 4 aliphatic rings. The van der Waals surface area contributed by atoms with Crippen LogP contribution < -0.4 is 10.0 Å². The van der Waals surface area contributed by atoms with Crippen molar-refractivity contribution < 1.29 is 18.9 Å². The molecule has 4 unspecified atom stereocenters. The lowest BCUT2D eigenvalue weighted by Gasteiger charge is -2.69. The molecular formula is C17H23O4P. The van der Waals surface area contributed by atoms with E-state index in [2.05, 4.69) is 26.0 Å². The summed E-state index contributed by atoms with van der Waals surface area (Å²) in [5, 5.41) is 0.685. The van der Waals surface area contributed by atoms with Gasteiger partial charge in [-0.1, -0.05) is 18.2 Å². The zero-order valence-corrected chi connectivity index (χ0v) is 14.7. The molecule has 5 heteroatoms. The standard InChI is InChI=1S/C17H23O4P/c1-14-10-16(3)21-15(2,19-14)11-17(4,20-14)22(16)13-9-7-6-8-12(13)18-5/h6-9H,10-11H2,1-5H3. The summed E-state index contributed by atoms with van der Waals surface area (Å²) in [6.45, 7) is 8.50. The Hall–Kier alpha value is -0.670. The van der Waals surface area contributed by atoms with Gasteiger partial charge in [0.15, 0.2) is 11.6 Å². The molecule has 0 radical (unpaired) electrons.